The van der Waals surface area contributed by atoms with E-state index >= 15 is 0 Å². The topological polar surface area (TPSA) is 49.5 Å². The SMILES string of the molecule is C[C@H](N)c1c(F)cccc1N1CCC(O)CC1. The van der Waals surface area contributed by atoms with Crippen molar-refractivity contribution in [2.75, 3.05) is 18.0 Å². The fraction of sp³-hybridized carbons (Fsp3) is 0.538. The second kappa shape index (κ2) is 5.02. The summed E-state index contributed by atoms with van der Waals surface area (Å²) in [7, 11) is 0. The van der Waals surface area contributed by atoms with E-state index in [1.165, 1.54) is 6.07 Å². The number of anilines is 1. The Morgan fingerprint density at radius 3 is 2.65 bits per heavy atom. The summed E-state index contributed by atoms with van der Waals surface area (Å²) in [5.74, 6) is -0.247. The average molecular weight is 238 g/mol. The molecule has 4 heteroatoms. The van der Waals surface area contributed by atoms with Gasteiger partial charge in [-0.2, -0.15) is 0 Å². The molecule has 17 heavy (non-hydrogen) atoms. The number of nitrogens with two attached hydrogens (primary N) is 1. The van der Waals surface area contributed by atoms with Crippen LogP contribution in [0.1, 0.15) is 31.4 Å². The molecule has 3 N–H and O–H groups in total. The lowest BCUT2D eigenvalue weighted by Gasteiger charge is -2.33. The summed E-state index contributed by atoms with van der Waals surface area (Å²) >= 11 is 0. The van der Waals surface area contributed by atoms with Gasteiger partial charge < -0.3 is 15.7 Å². The van der Waals surface area contributed by atoms with Crippen molar-refractivity contribution in [2.45, 2.75) is 31.9 Å². The quantitative estimate of drug-likeness (QED) is 0.826. The molecule has 0 amide bonds. The number of aliphatic hydroxyl groups excluding tert-OH is 1. The Kier molecular flexibility index (Phi) is 3.64. The van der Waals surface area contributed by atoms with Gasteiger partial charge in [0, 0.05) is 30.4 Å². The van der Waals surface area contributed by atoms with Gasteiger partial charge in [-0.05, 0) is 31.9 Å². The Labute approximate surface area is 101 Å². The first-order valence-electron chi connectivity index (χ1n) is 6.06. The maximum absolute atomic E-state index is 13.8. The molecule has 2 rings (SSSR count). The van der Waals surface area contributed by atoms with Crippen molar-refractivity contribution in [3.63, 3.8) is 0 Å². The van der Waals surface area contributed by atoms with E-state index < -0.39 is 0 Å². The Bertz CT molecular complexity index is 387. The smallest absolute Gasteiger partial charge is 0.130 e. The highest BCUT2D eigenvalue weighted by Gasteiger charge is 2.21. The molecule has 0 radical (unpaired) electrons. The van der Waals surface area contributed by atoms with Crippen molar-refractivity contribution in [3.05, 3.63) is 29.6 Å². The number of halogens is 1. The summed E-state index contributed by atoms with van der Waals surface area (Å²) in [5.41, 5.74) is 7.27. The molecule has 3 nitrogen and oxygen atoms in total. The van der Waals surface area contributed by atoms with Crippen LogP contribution >= 0.6 is 0 Å². The molecule has 1 atom stereocenters. The van der Waals surface area contributed by atoms with E-state index in [2.05, 4.69) is 4.90 Å². The van der Waals surface area contributed by atoms with E-state index in [-0.39, 0.29) is 18.0 Å². The van der Waals surface area contributed by atoms with Crippen molar-refractivity contribution in [1.82, 2.24) is 0 Å². The van der Waals surface area contributed by atoms with Gasteiger partial charge in [-0.1, -0.05) is 6.07 Å². The lowest BCUT2D eigenvalue weighted by molar-refractivity contribution is 0.145. The van der Waals surface area contributed by atoms with Crippen molar-refractivity contribution in [1.29, 1.82) is 0 Å². The first-order valence-corrected chi connectivity index (χ1v) is 6.06. The summed E-state index contributed by atoms with van der Waals surface area (Å²) < 4.78 is 13.8. The Morgan fingerprint density at radius 2 is 2.06 bits per heavy atom. The molecular formula is C13H19FN2O. The summed E-state index contributed by atoms with van der Waals surface area (Å²) in [5, 5.41) is 9.48. The minimum absolute atomic E-state index is 0.224. The second-order valence-electron chi connectivity index (χ2n) is 4.68. The highest BCUT2D eigenvalue weighted by atomic mass is 19.1. The van der Waals surface area contributed by atoms with Gasteiger partial charge in [0.1, 0.15) is 5.82 Å². The molecule has 0 aliphatic carbocycles. The van der Waals surface area contributed by atoms with Gasteiger partial charge in [-0.15, -0.1) is 0 Å². The average Bonchev–Trinajstić information content (AvgIpc) is 2.29. The molecule has 1 aliphatic heterocycles. The molecule has 1 aliphatic rings. The van der Waals surface area contributed by atoms with Crippen molar-refractivity contribution in [3.8, 4) is 0 Å². The number of aliphatic hydroxyl groups is 1. The molecule has 0 unspecified atom stereocenters. The van der Waals surface area contributed by atoms with E-state index in [1.54, 1.807) is 13.0 Å². The molecule has 1 fully saturated rings. The summed E-state index contributed by atoms with van der Waals surface area (Å²) in [4.78, 5) is 2.11. The third-order valence-corrected chi connectivity index (χ3v) is 3.29. The van der Waals surface area contributed by atoms with Gasteiger partial charge in [0.05, 0.1) is 6.10 Å². The normalized spacial score (nSPS) is 19.4. The van der Waals surface area contributed by atoms with Crippen LogP contribution in [0.25, 0.3) is 0 Å². The van der Waals surface area contributed by atoms with Crippen molar-refractivity contribution >= 4 is 5.69 Å². The van der Waals surface area contributed by atoms with E-state index in [0.717, 1.165) is 31.6 Å². The number of hydrogen-bond donors (Lipinski definition) is 2. The molecular weight excluding hydrogens is 219 g/mol. The summed E-state index contributed by atoms with van der Waals surface area (Å²) in [6, 6.07) is 4.74. The van der Waals surface area contributed by atoms with Crippen molar-refractivity contribution < 1.29 is 9.50 Å². The Hall–Kier alpha value is -1.13. The van der Waals surface area contributed by atoms with Crippen LogP contribution in [-0.2, 0) is 0 Å². The van der Waals surface area contributed by atoms with Gasteiger partial charge in [0.2, 0.25) is 0 Å². The molecule has 1 aromatic carbocycles. The molecule has 0 bridgehead atoms. The van der Waals surface area contributed by atoms with Gasteiger partial charge >= 0.3 is 0 Å². The van der Waals surface area contributed by atoms with Crippen LogP contribution in [0.5, 0.6) is 0 Å². The predicted molar refractivity (Wildman–Crippen MR) is 66.5 cm³/mol. The van der Waals surface area contributed by atoms with Crippen LogP contribution in [0.3, 0.4) is 0 Å². The molecule has 0 spiro atoms. The van der Waals surface area contributed by atoms with Crippen LogP contribution in [0, 0.1) is 5.82 Å². The summed E-state index contributed by atoms with van der Waals surface area (Å²) in [6.07, 6.45) is 1.24. The molecule has 0 aromatic heterocycles. The monoisotopic (exact) mass is 238 g/mol. The second-order valence-corrected chi connectivity index (χ2v) is 4.68. The van der Waals surface area contributed by atoms with Crippen LogP contribution in [0.2, 0.25) is 0 Å². The van der Waals surface area contributed by atoms with Crippen molar-refractivity contribution in [2.24, 2.45) is 5.73 Å². The van der Waals surface area contributed by atoms with E-state index in [4.69, 9.17) is 5.73 Å². The zero-order valence-electron chi connectivity index (χ0n) is 10.1. The molecule has 94 valence electrons. The maximum Gasteiger partial charge on any atom is 0.130 e. The predicted octanol–water partition coefficient (Wildman–Crippen LogP) is 1.81. The largest absolute Gasteiger partial charge is 0.393 e. The lowest BCUT2D eigenvalue weighted by atomic mass is 10.0. The fourth-order valence-electron chi connectivity index (χ4n) is 2.36. The van der Waals surface area contributed by atoms with E-state index in [9.17, 15) is 9.50 Å². The third kappa shape index (κ3) is 2.58. The highest BCUT2D eigenvalue weighted by Crippen LogP contribution is 2.29. The van der Waals surface area contributed by atoms with Gasteiger partial charge in [0.15, 0.2) is 0 Å². The van der Waals surface area contributed by atoms with Gasteiger partial charge in [0.25, 0.3) is 0 Å². The zero-order chi connectivity index (χ0) is 12.4. The van der Waals surface area contributed by atoms with Crippen LogP contribution in [0.4, 0.5) is 10.1 Å². The third-order valence-electron chi connectivity index (χ3n) is 3.29. The van der Waals surface area contributed by atoms with E-state index in [0.29, 0.717) is 5.56 Å². The highest BCUT2D eigenvalue weighted by molar-refractivity contribution is 5.55. The van der Waals surface area contributed by atoms with Crippen LogP contribution < -0.4 is 10.6 Å². The van der Waals surface area contributed by atoms with Crippen LogP contribution in [-0.4, -0.2) is 24.3 Å². The zero-order valence-corrected chi connectivity index (χ0v) is 10.1. The number of benzene rings is 1. The first-order chi connectivity index (χ1) is 8.09. The Morgan fingerprint density at radius 1 is 1.41 bits per heavy atom. The fourth-order valence-corrected chi connectivity index (χ4v) is 2.36. The minimum atomic E-state index is -0.321. The van der Waals surface area contributed by atoms with Gasteiger partial charge in [-0.25, -0.2) is 4.39 Å². The molecule has 1 aromatic rings. The first kappa shape index (κ1) is 12.3. The maximum atomic E-state index is 13.8. The van der Waals surface area contributed by atoms with E-state index in [1.807, 2.05) is 6.07 Å². The van der Waals surface area contributed by atoms with Crippen LogP contribution in [0.15, 0.2) is 18.2 Å². The standard InChI is InChI=1S/C13H19FN2O/c1-9(15)13-11(14)3-2-4-12(13)16-7-5-10(17)6-8-16/h2-4,9-10,17H,5-8,15H2,1H3/t9-/m0/s1. The van der Waals surface area contributed by atoms with Gasteiger partial charge in [-0.3, -0.25) is 0 Å². The number of piperidine rings is 1. The molecule has 1 saturated heterocycles. The summed E-state index contributed by atoms with van der Waals surface area (Å²) in [6.45, 7) is 3.30. The Balaban J connectivity index is 2.28. The molecule has 1 heterocycles. The minimum Gasteiger partial charge on any atom is -0.393 e. The lowest BCUT2D eigenvalue weighted by Crippen LogP contribution is -2.36. The molecule has 0 saturated carbocycles. The number of hydrogen-bond acceptors (Lipinski definition) is 3. The number of nitrogens with zero attached hydrogens (tertiary/aromatic N) is 1. The number of rotatable bonds is 2.